The van der Waals surface area contributed by atoms with Crippen LogP contribution in [0.4, 0.5) is 0 Å². The third-order valence-corrected chi connectivity index (χ3v) is 8.30. The monoisotopic (exact) mass is 442 g/mol. The standard InChI is InChI=1S/C25H34N2O3S/c1-24(2,3)26-19-20-8-10-21(11-9-20)22-6-4-7-23(18-22)31(28,29)27-15-13-25(14-16-27)12-5-17-30-25/h4,6-11,18,26H,5,12-17,19H2,1-3H3. The minimum atomic E-state index is -3.50. The molecule has 0 aromatic heterocycles. The molecule has 1 N–H and O–H groups in total. The molecular weight excluding hydrogens is 408 g/mol. The van der Waals surface area contributed by atoms with Crippen molar-refractivity contribution in [3.63, 3.8) is 0 Å². The molecule has 2 aliphatic rings. The van der Waals surface area contributed by atoms with E-state index in [1.807, 2.05) is 12.1 Å². The fraction of sp³-hybridized carbons (Fsp3) is 0.520. The maximum atomic E-state index is 13.3. The van der Waals surface area contributed by atoms with Gasteiger partial charge in [0.25, 0.3) is 0 Å². The molecule has 31 heavy (non-hydrogen) atoms. The lowest BCUT2D eigenvalue weighted by Gasteiger charge is -2.37. The van der Waals surface area contributed by atoms with Gasteiger partial charge in [0.15, 0.2) is 0 Å². The van der Waals surface area contributed by atoms with Crippen LogP contribution in [0.5, 0.6) is 0 Å². The SMILES string of the molecule is CC(C)(C)NCc1ccc(-c2cccc(S(=O)(=O)N3CCC4(CCCO4)CC3)c2)cc1. The first-order valence-electron chi connectivity index (χ1n) is 11.3. The summed E-state index contributed by atoms with van der Waals surface area (Å²) in [6, 6.07) is 15.6. The van der Waals surface area contributed by atoms with Crippen LogP contribution in [0.1, 0.15) is 52.0 Å². The van der Waals surface area contributed by atoms with E-state index in [1.165, 1.54) is 5.56 Å². The Morgan fingerprint density at radius 3 is 2.32 bits per heavy atom. The Morgan fingerprint density at radius 1 is 1.00 bits per heavy atom. The number of piperidine rings is 1. The Hall–Kier alpha value is -1.73. The highest BCUT2D eigenvalue weighted by molar-refractivity contribution is 7.89. The molecule has 0 aliphatic carbocycles. The first kappa shape index (κ1) is 22.5. The average Bonchev–Trinajstić information content (AvgIpc) is 3.20. The van der Waals surface area contributed by atoms with E-state index in [4.69, 9.17) is 4.74 Å². The number of ether oxygens (including phenoxy) is 1. The van der Waals surface area contributed by atoms with Gasteiger partial charge in [-0.05, 0) is 75.3 Å². The molecule has 2 aromatic carbocycles. The van der Waals surface area contributed by atoms with Crippen molar-refractivity contribution in [2.24, 2.45) is 0 Å². The molecule has 0 saturated carbocycles. The van der Waals surface area contributed by atoms with Gasteiger partial charge >= 0.3 is 0 Å². The van der Waals surface area contributed by atoms with Gasteiger partial charge in [-0.15, -0.1) is 0 Å². The number of hydrogen-bond donors (Lipinski definition) is 1. The van der Waals surface area contributed by atoms with Gasteiger partial charge < -0.3 is 10.1 Å². The lowest BCUT2D eigenvalue weighted by atomic mass is 9.90. The maximum Gasteiger partial charge on any atom is 0.243 e. The molecule has 0 bridgehead atoms. The summed E-state index contributed by atoms with van der Waals surface area (Å²) in [5.41, 5.74) is 3.13. The third-order valence-electron chi connectivity index (χ3n) is 6.40. The minimum Gasteiger partial charge on any atom is -0.375 e. The second-order valence-electron chi connectivity index (χ2n) is 9.87. The van der Waals surface area contributed by atoms with Crippen LogP contribution < -0.4 is 5.32 Å². The summed E-state index contributed by atoms with van der Waals surface area (Å²) in [5, 5.41) is 3.49. The van der Waals surface area contributed by atoms with Gasteiger partial charge in [0.2, 0.25) is 10.0 Å². The van der Waals surface area contributed by atoms with E-state index in [1.54, 1.807) is 16.4 Å². The lowest BCUT2D eigenvalue weighted by molar-refractivity contribution is -0.0309. The van der Waals surface area contributed by atoms with Crippen molar-refractivity contribution in [2.75, 3.05) is 19.7 Å². The molecular formula is C25H34N2O3S. The Morgan fingerprint density at radius 2 is 1.71 bits per heavy atom. The minimum absolute atomic E-state index is 0.0688. The second kappa shape index (κ2) is 8.66. The summed E-state index contributed by atoms with van der Waals surface area (Å²) in [6.07, 6.45) is 3.71. The predicted molar refractivity (Wildman–Crippen MR) is 124 cm³/mol. The Labute approximate surface area is 186 Å². The molecule has 2 aromatic rings. The zero-order valence-corrected chi connectivity index (χ0v) is 19.7. The number of sulfonamides is 1. The van der Waals surface area contributed by atoms with Crippen LogP contribution >= 0.6 is 0 Å². The zero-order chi connectivity index (χ0) is 22.1. The molecule has 0 radical (unpaired) electrons. The lowest BCUT2D eigenvalue weighted by Crippen LogP contribution is -2.46. The van der Waals surface area contributed by atoms with E-state index in [-0.39, 0.29) is 11.1 Å². The Kier molecular flexibility index (Phi) is 6.28. The van der Waals surface area contributed by atoms with E-state index < -0.39 is 10.0 Å². The van der Waals surface area contributed by atoms with Gasteiger partial charge in [0.1, 0.15) is 0 Å². The topological polar surface area (TPSA) is 58.6 Å². The largest absolute Gasteiger partial charge is 0.375 e. The highest BCUT2D eigenvalue weighted by Crippen LogP contribution is 2.37. The molecule has 2 aliphatic heterocycles. The molecule has 0 amide bonds. The first-order valence-corrected chi connectivity index (χ1v) is 12.7. The highest BCUT2D eigenvalue weighted by Gasteiger charge is 2.41. The average molecular weight is 443 g/mol. The summed E-state index contributed by atoms with van der Waals surface area (Å²) in [4.78, 5) is 0.367. The van der Waals surface area contributed by atoms with E-state index >= 15 is 0 Å². The summed E-state index contributed by atoms with van der Waals surface area (Å²) >= 11 is 0. The van der Waals surface area contributed by atoms with Crippen molar-refractivity contribution < 1.29 is 13.2 Å². The van der Waals surface area contributed by atoms with Crippen molar-refractivity contribution in [3.8, 4) is 11.1 Å². The molecule has 2 saturated heterocycles. The van der Waals surface area contributed by atoms with Gasteiger partial charge in [-0.25, -0.2) is 8.42 Å². The molecule has 2 heterocycles. The van der Waals surface area contributed by atoms with Crippen LogP contribution in [0.3, 0.4) is 0 Å². The van der Waals surface area contributed by atoms with Crippen molar-refractivity contribution in [2.45, 2.75) is 69.0 Å². The summed E-state index contributed by atoms with van der Waals surface area (Å²) < 4.78 is 34.1. The van der Waals surface area contributed by atoms with Crippen molar-refractivity contribution in [1.29, 1.82) is 0 Å². The summed E-state index contributed by atoms with van der Waals surface area (Å²) in [6.45, 7) is 9.12. The predicted octanol–water partition coefficient (Wildman–Crippen LogP) is 4.58. The van der Waals surface area contributed by atoms with Gasteiger partial charge in [-0.2, -0.15) is 4.31 Å². The second-order valence-corrected chi connectivity index (χ2v) is 11.8. The summed E-state index contributed by atoms with van der Waals surface area (Å²) in [5.74, 6) is 0. The fourth-order valence-corrected chi connectivity index (χ4v) is 5.94. The van der Waals surface area contributed by atoms with Crippen molar-refractivity contribution in [3.05, 3.63) is 54.1 Å². The number of rotatable bonds is 5. The number of benzene rings is 2. The normalized spacial score (nSPS) is 19.7. The third kappa shape index (κ3) is 5.20. The van der Waals surface area contributed by atoms with Crippen molar-refractivity contribution >= 4 is 10.0 Å². The molecule has 0 unspecified atom stereocenters. The molecule has 6 heteroatoms. The number of nitrogens with one attached hydrogen (secondary N) is 1. The van der Waals surface area contributed by atoms with E-state index in [2.05, 4.69) is 50.4 Å². The highest BCUT2D eigenvalue weighted by atomic mass is 32.2. The first-order chi connectivity index (χ1) is 14.7. The van der Waals surface area contributed by atoms with Gasteiger partial charge in [-0.1, -0.05) is 36.4 Å². The number of hydrogen-bond acceptors (Lipinski definition) is 4. The van der Waals surface area contributed by atoms with Crippen LogP contribution in [0.25, 0.3) is 11.1 Å². The van der Waals surface area contributed by atoms with Crippen LogP contribution in [-0.2, 0) is 21.3 Å². The van der Waals surface area contributed by atoms with Crippen molar-refractivity contribution in [1.82, 2.24) is 9.62 Å². The quantitative estimate of drug-likeness (QED) is 0.737. The molecule has 4 rings (SSSR count). The summed E-state index contributed by atoms with van der Waals surface area (Å²) in [7, 11) is -3.50. The van der Waals surface area contributed by atoms with Crippen LogP contribution in [0.15, 0.2) is 53.4 Å². The van der Waals surface area contributed by atoms with Crippen LogP contribution in [0.2, 0.25) is 0 Å². The maximum absolute atomic E-state index is 13.3. The fourth-order valence-electron chi connectivity index (χ4n) is 4.45. The Balaban J connectivity index is 1.47. The zero-order valence-electron chi connectivity index (χ0n) is 18.9. The smallest absolute Gasteiger partial charge is 0.243 e. The van der Waals surface area contributed by atoms with Gasteiger partial charge in [-0.3, -0.25) is 0 Å². The molecule has 1 spiro atoms. The molecule has 0 atom stereocenters. The molecule has 2 fully saturated rings. The van der Waals surface area contributed by atoms with Crippen LogP contribution in [-0.4, -0.2) is 43.6 Å². The van der Waals surface area contributed by atoms with E-state index in [0.29, 0.717) is 18.0 Å². The van der Waals surface area contributed by atoms with E-state index in [9.17, 15) is 8.42 Å². The number of nitrogens with zero attached hydrogens (tertiary/aromatic N) is 1. The van der Waals surface area contributed by atoms with Gasteiger partial charge in [0, 0.05) is 31.8 Å². The van der Waals surface area contributed by atoms with Crippen LogP contribution in [0, 0.1) is 0 Å². The van der Waals surface area contributed by atoms with E-state index in [0.717, 1.165) is 50.0 Å². The molecule has 5 nitrogen and oxygen atoms in total. The van der Waals surface area contributed by atoms with Gasteiger partial charge in [0.05, 0.1) is 10.5 Å². The Bertz CT molecular complexity index is 994. The molecule has 168 valence electrons.